The molecule has 7 nitrogen and oxygen atoms in total. The number of hydrogen-bond donors (Lipinski definition) is 2. The molecule has 2 aromatic rings. The molecule has 1 fully saturated rings. The number of hydrogen-bond acceptors (Lipinski definition) is 4. The van der Waals surface area contributed by atoms with Crippen LogP contribution in [0.3, 0.4) is 0 Å². The van der Waals surface area contributed by atoms with Crippen molar-refractivity contribution in [2.75, 3.05) is 13.2 Å². The predicted octanol–water partition coefficient (Wildman–Crippen LogP) is 1.24. The van der Waals surface area contributed by atoms with E-state index in [4.69, 9.17) is 10.5 Å². The van der Waals surface area contributed by atoms with Crippen LogP contribution in [-0.2, 0) is 22.5 Å². The molecule has 1 aromatic heterocycles. The summed E-state index contributed by atoms with van der Waals surface area (Å²) in [5.41, 5.74) is 8.57. The van der Waals surface area contributed by atoms with Gasteiger partial charge in [0.25, 0.3) is 5.91 Å². The molecular weight excluding hydrogens is 320 g/mol. The first-order valence-corrected chi connectivity index (χ1v) is 8.50. The molecule has 0 bridgehead atoms. The first-order valence-electron chi connectivity index (χ1n) is 8.50. The maximum absolute atomic E-state index is 12.5. The van der Waals surface area contributed by atoms with Gasteiger partial charge in [-0.3, -0.25) is 9.59 Å². The first kappa shape index (κ1) is 15.8. The van der Waals surface area contributed by atoms with E-state index in [2.05, 4.69) is 9.97 Å². The van der Waals surface area contributed by atoms with Crippen LogP contribution in [0.15, 0.2) is 24.3 Å². The minimum atomic E-state index is -0.450. The highest BCUT2D eigenvalue weighted by Crippen LogP contribution is 2.25. The number of nitrogens with two attached hydrogens (primary N) is 1. The van der Waals surface area contributed by atoms with Crippen LogP contribution in [0.5, 0.6) is 0 Å². The molecule has 0 aliphatic carbocycles. The van der Waals surface area contributed by atoms with Crippen molar-refractivity contribution in [1.29, 1.82) is 0 Å². The molecule has 3 heterocycles. The van der Waals surface area contributed by atoms with Crippen molar-refractivity contribution in [3.63, 3.8) is 0 Å². The smallest absolute Gasteiger partial charge is 0.252 e. The lowest BCUT2D eigenvalue weighted by atomic mass is 10.1. The van der Waals surface area contributed by atoms with Gasteiger partial charge in [0.1, 0.15) is 11.9 Å². The number of aromatic amines is 1. The van der Waals surface area contributed by atoms with Crippen LogP contribution in [0.25, 0.3) is 11.4 Å². The average Bonchev–Trinajstić information content (AvgIpc) is 3.30. The van der Waals surface area contributed by atoms with E-state index in [1.165, 1.54) is 0 Å². The maximum atomic E-state index is 12.5. The van der Waals surface area contributed by atoms with Gasteiger partial charge in [-0.1, -0.05) is 12.1 Å². The third-order valence-corrected chi connectivity index (χ3v) is 4.79. The second kappa shape index (κ2) is 6.33. The third-order valence-electron chi connectivity index (χ3n) is 4.79. The summed E-state index contributed by atoms with van der Waals surface area (Å²) in [6.07, 6.45) is 2.20. The Labute approximate surface area is 145 Å². The molecule has 1 aromatic carbocycles. The van der Waals surface area contributed by atoms with Gasteiger partial charge in [-0.05, 0) is 25.0 Å². The normalized spacial score (nSPS) is 19.7. The Morgan fingerprint density at radius 2 is 2.08 bits per heavy atom. The van der Waals surface area contributed by atoms with Gasteiger partial charge >= 0.3 is 0 Å². The molecular formula is C18H20N4O3. The monoisotopic (exact) mass is 340 g/mol. The fourth-order valence-corrected chi connectivity index (χ4v) is 3.39. The predicted molar refractivity (Wildman–Crippen MR) is 90.6 cm³/mol. The highest BCUT2D eigenvalue weighted by Gasteiger charge is 2.31. The number of benzene rings is 1. The van der Waals surface area contributed by atoms with Crippen molar-refractivity contribution in [3.05, 3.63) is 41.2 Å². The van der Waals surface area contributed by atoms with Crippen LogP contribution in [0.2, 0.25) is 0 Å². The van der Waals surface area contributed by atoms with Gasteiger partial charge in [0, 0.05) is 30.7 Å². The van der Waals surface area contributed by atoms with Gasteiger partial charge < -0.3 is 20.4 Å². The summed E-state index contributed by atoms with van der Waals surface area (Å²) in [6, 6.07) is 7.01. The Morgan fingerprint density at radius 3 is 2.76 bits per heavy atom. The summed E-state index contributed by atoms with van der Waals surface area (Å²) in [5.74, 6) is 0.367. The van der Waals surface area contributed by atoms with Crippen LogP contribution >= 0.6 is 0 Å². The number of ether oxygens (including phenoxy) is 1. The number of nitrogens with zero attached hydrogens (tertiary/aromatic N) is 2. The van der Waals surface area contributed by atoms with Crippen LogP contribution in [0, 0.1) is 0 Å². The SMILES string of the molecule is NC(=O)c1ccc(-c2nc3c([nH]2)CN(C(=O)[C@H]2CCCO2)CC3)cc1. The van der Waals surface area contributed by atoms with Crippen molar-refractivity contribution in [3.8, 4) is 11.4 Å². The van der Waals surface area contributed by atoms with Crippen LogP contribution in [-0.4, -0.2) is 45.9 Å². The highest BCUT2D eigenvalue weighted by atomic mass is 16.5. The van der Waals surface area contributed by atoms with Crippen LogP contribution in [0.1, 0.15) is 34.6 Å². The lowest BCUT2D eigenvalue weighted by Crippen LogP contribution is -2.41. The molecule has 0 unspecified atom stereocenters. The Hall–Kier alpha value is -2.67. The Morgan fingerprint density at radius 1 is 1.28 bits per heavy atom. The largest absolute Gasteiger partial charge is 0.368 e. The molecule has 2 aliphatic heterocycles. The van der Waals surface area contributed by atoms with Crippen molar-refractivity contribution >= 4 is 11.8 Å². The van der Waals surface area contributed by atoms with Crippen molar-refractivity contribution in [2.24, 2.45) is 5.73 Å². The number of nitrogens with one attached hydrogen (secondary N) is 1. The van der Waals surface area contributed by atoms with Gasteiger partial charge in [-0.25, -0.2) is 4.98 Å². The summed E-state index contributed by atoms with van der Waals surface area (Å²) in [5, 5.41) is 0. The summed E-state index contributed by atoms with van der Waals surface area (Å²) >= 11 is 0. The number of carbonyl (C=O) groups excluding carboxylic acids is 2. The summed E-state index contributed by atoms with van der Waals surface area (Å²) in [6.45, 7) is 1.86. The molecule has 0 saturated carbocycles. The van der Waals surface area contributed by atoms with E-state index < -0.39 is 5.91 Å². The van der Waals surface area contributed by atoms with E-state index in [1.807, 2.05) is 17.0 Å². The summed E-state index contributed by atoms with van der Waals surface area (Å²) in [4.78, 5) is 33.5. The maximum Gasteiger partial charge on any atom is 0.252 e. The molecule has 2 aliphatic rings. The summed E-state index contributed by atoms with van der Waals surface area (Å²) in [7, 11) is 0. The number of H-pyrrole nitrogens is 1. The minimum absolute atomic E-state index is 0.0742. The zero-order valence-corrected chi connectivity index (χ0v) is 13.8. The van der Waals surface area contributed by atoms with E-state index in [0.29, 0.717) is 25.3 Å². The molecule has 3 N–H and O–H groups in total. The Kier molecular flexibility index (Phi) is 4.01. The van der Waals surface area contributed by atoms with Crippen molar-refractivity contribution in [2.45, 2.75) is 31.9 Å². The van der Waals surface area contributed by atoms with E-state index in [9.17, 15) is 9.59 Å². The lowest BCUT2D eigenvalue weighted by Gasteiger charge is -2.28. The topological polar surface area (TPSA) is 101 Å². The Balaban J connectivity index is 1.52. The first-order chi connectivity index (χ1) is 12.1. The van der Waals surface area contributed by atoms with Crippen molar-refractivity contribution in [1.82, 2.24) is 14.9 Å². The van der Waals surface area contributed by atoms with E-state index in [-0.39, 0.29) is 12.0 Å². The minimum Gasteiger partial charge on any atom is -0.368 e. The molecule has 1 saturated heterocycles. The number of amides is 2. The number of imidazole rings is 1. The molecule has 0 spiro atoms. The fourth-order valence-electron chi connectivity index (χ4n) is 3.39. The second-order valence-electron chi connectivity index (χ2n) is 6.46. The van der Waals surface area contributed by atoms with Gasteiger partial charge in [0.2, 0.25) is 5.91 Å². The standard InChI is InChI=1S/C18H20N4O3/c19-16(23)11-3-5-12(6-4-11)17-20-13-7-8-22(10-14(13)21-17)18(24)15-2-1-9-25-15/h3-6,15H,1-2,7-10H2,(H2,19,23)(H,20,21)/t15-/m1/s1. The van der Waals surface area contributed by atoms with Gasteiger partial charge in [0.15, 0.2) is 0 Å². The molecule has 130 valence electrons. The van der Waals surface area contributed by atoms with Gasteiger partial charge in [0.05, 0.1) is 17.9 Å². The van der Waals surface area contributed by atoms with Gasteiger partial charge in [-0.2, -0.15) is 0 Å². The quantitative estimate of drug-likeness (QED) is 0.877. The van der Waals surface area contributed by atoms with Crippen molar-refractivity contribution < 1.29 is 14.3 Å². The van der Waals surface area contributed by atoms with E-state index >= 15 is 0 Å². The third kappa shape index (κ3) is 3.02. The average molecular weight is 340 g/mol. The molecule has 4 rings (SSSR count). The summed E-state index contributed by atoms with van der Waals surface area (Å²) < 4.78 is 5.51. The molecule has 2 amide bonds. The second-order valence-corrected chi connectivity index (χ2v) is 6.46. The lowest BCUT2D eigenvalue weighted by molar-refractivity contribution is -0.141. The zero-order valence-electron chi connectivity index (χ0n) is 13.8. The molecule has 25 heavy (non-hydrogen) atoms. The molecule has 0 radical (unpaired) electrons. The number of rotatable bonds is 3. The molecule has 7 heteroatoms. The van der Waals surface area contributed by atoms with Crippen LogP contribution in [0.4, 0.5) is 0 Å². The van der Waals surface area contributed by atoms with Gasteiger partial charge in [-0.15, -0.1) is 0 Å². The number of fused-ring (bicyclic) bond motifs is 1. The highest BCUT2D eigenvalue weighted by molar-refractivity contribution is 5.93. The van der Waals surface area contributed by atoms with Crippen LogP contribution < -0.4 is 5.73 Å². The fraction of sp³-hybridized carbons (Fsp3) is 0.389. The van der Waals surface area contributed by atoms with E-state index in [1.54, 1.807) is 12.1 Å². The number of primary amides is 1. The molecule has 1 atom stereocenters. The van der Waals surface area contributed by atoms with E-state index in [0.717, 1.165) is 42.0 Å². The zero-order chi connectivity index (χ0) is 17.4. The number of carbonyl (C=O) groups is 2. The number of aromatic nitrogens is 2. The Bertz CT molecular complexity index is 806.